The third kappa shape index (κ3) is 2.97. The quantitative estimate of drug-likeness (QED) is 0.768. The van der Waals surface area contributed by atoms with Crippen LogP contribution in [0.3, 0.4) is 0 Å². The van der Waals surface area contributed by atoms with Gasteiger partial charge in [-0.05, 0) is 43.4 Å². The second-order valence-corrected chi connectivity index (χ2v) is 7.61. The van der Waals surface area contributed by atoms with E-state index in [2.05, 4.69) is 47.7 Å². The van der Waals surface area contributed by atoms with Crippen molar-refractivity contribution in [3.05, 3.63) is 53.6 Å². The summed E-state index contributed by atoms with van der Waals surface area (Å²) >= 11 is 0. The molecule has 1 aromatic carbocycles. The smallest absolute Gasteiger partial charge is 0.138 e. The number of imidazole rings is 1. The van der Waals surface area contributed by atoms with E-state index in [-0.39, 0.29) is 12.0 Å². The maximum Gasteiger partial charge on any atom is 0.138 e. The summed E-state index contributed by atoms with van der Waals surface area (Å²) in [6.07, 6.45) is 10.2. The van der Waals surface area contributed by atoms with Gasteiger partial charge in [-0.1, -0.05) is 49.1 Å². The maximum absolute atomic E-state index is 13.0. The second-order valence-electron chi connectivity index (χ2n) is 7.61. The first kappa shape index (κ1) is 16.3. The van der Waals surface area contributed by atoms with Crippen LogP contribution in [-0.4, -0.2) is 15.3 Å². The van der Waals surface area contributed by atoms with E-state index < -0.39 is 0 Å². The Morgan fingerprint density at radius 3 is 2.56 bits per heavy atom. The normalized spacial score (nSPS) is 20.8. The number of hydrogen-bond acceptors (Lipinski definition) is 2. The van der Waals surface area contributed by atoms with Crippen molar-refractivity contribution in [2.45, 2.75) is 58.4 Å². The lowest BCUT2D eigenvalue weighted by molar-refractivity contribution is -0.124. The Kier molecular flexibility index (Phi) is 4.32. The van der Waals surface area contributed by atoms with Crippen LogP contribution in [0.1, 0.15) is 68.3 Å². The molecular weight excluding hydrogens is 308 g/mol. The highest BCUT2D eigenvalue weighted by Gasteiger charge is 2.33. The zero-order chi connectivity index (χ0) is 17.4. The molecule has 3 heteroatoms. The first-order valence-corrected chi connectivity index (χ1v) is 9.48. The highest BCUT2D eigenvalue weighted by atomic mass is 16.1. The maximum atomic E-state index is 13.0. The van der Waals surface area contributed by atoms with Gasteiger partial charge in [0.25, 0.3) is 0 Å². The fourth-order valence-electron chi connectivity index (χ4n) is 4.49. The van der Waals surface area contributed by atoms with Crippen LogP contribution >= 0.6 is 0 Å². The molecule has 0 saturated heterocycles. The molecule has 4 rings (SSSR count). The molecule has 1 aliphatic carbocycles. The molecule has 0 radical (unpaired) electrons. The van der Waals surface area contributed by atoms with E-state index in [1.165, 1.54) is 41.5 Å². The molecule has 1 aromatic heterocycles. The van der Waals surface area contributed by atoms with Gasteiger partial charge in [-0.15, -0.1) is 0 Å². The standard InChI is InChI=1S/C22H26N2O/c1-15-8-10-18(11-9-15)22-16(2)20-13-23-14-24(20)19(22)12-21(25)17-6-4-3-5-7-17/h8-11,13-14,17,19H,3-7,12H2,1-2H3. The fraction of sp³-hybridized carbons (Fsp3) is 0.455. The van der Waals surface area contributed by atoms with Gasteiger partial charge >= 0.3 is 0 Å². The van der Waals surface area contributed by atoms with E-state index in [1.54, 1.807) is 0 Å². The van der Waals surface area contributed by atoms with Crippen LogP contribution in [0, 0.1) is 12.8 Å². The number of hydrogen-bond donors (Lipinski definition) is 0. The highest BCUT2D eigenvalue weighted by Crippen LogP contribution is 2.44. The van der Waals surface area contributed by atoms with Crippen molar-refractivity contribution in [2.75, 3.05) is 0 Å². The molecule has 25 heavy (non-hydrogen) atoms. The van der Waals surface area contributed by atoms with Crippen LogP contribution in [-0.2, 0) is 4.79 Å². The Morgan fingerprint density at radius 1 is 1.12 bits per heavy atom. The number of carbonyl (C=O) groups is 1. The van der Waals surface area contributed by atoms with Crippen molar-refractivity contribution in [3.63, 3.8) is 0 Å². The summed E-state index contributed by atoms with van der Waals surface area (Å²) in [6, 6.07) is 8.77. The molecule has 0 N–H and O–H groups in total. The predicted octanol–water partition coefficient (Wildman–Crippen LogP) is 5.22. The zero-order valence-electron chi connectivity index (χ0n) is 15.2. The molecule has 3 nitrogen and oxygen atoms in total. The van der Waals surface area contributed by atoms with Gasteiger partial charge in [0.1, 0.15) is 5.78 Å². The van der Waals surface area contributed by atoms with Gasteiger partial charge in [0.2, 0.25) is 0 Å². The predicted molar refractivity (Wildman–Crippen MR) is 101 cm³/mol. The summed E-state index contributed by atoms with van der Waals surface area (Å²) in [7, 11) is 0. The molecular formula is C22H26N2O. The largest absolute Gasteiger partial charge is 0.323 e. The summed E-state index contributed by atoms with van der Waals surface area (Å²) in [6.45, 7) is 4.27. The fourth-order valence-corrected chi connectivity index (χ4v) is 4.49. The van der Waals surface area contributed by atoms with Crippen molar-refractivity contribution in [3.8, 4) is 0 Å². The number of Topliss-reactive ketones (excluding diaryl/α,β-unsaturated/α-hetero) is 1. The van der Waals surface area contributed by atoms with E-state index in [9.17, 15) is 4.79 Å². The third-order valence-electron chi connectivity index (χ3n) is 5.94. The van der Waals surface area contributed by atoms with Crippen LogP contribution in [0.15, 0.2) is 36.8 Å². The molecule has 0 spiro atoms. The van der Waals surface area contributed by atoms with Gasteiger partial charge in [0.15, 0.2) is 0 Å². The Bertz CT molecular complexity index is 807. The van der Waals surface area contributed by atoms with E-state index in [0.717, 1.165) is 18.5 Å². The second kappa shape index (κ2) is 6.62. The van der Waals surface area contributed by atoms with Crippen molar-refractivity contribution in [1.29, 1.82) is 0 Å². The minimum absolute atomic E-state index is 0.0923. The van der Waals surface area contributed by atoms with Crippen molar-refractivity contribution in [2.24, 2.45) is 5.92 Å². The monoisotopic (exact) mass is 334 g/mol. The van der Waals surface area contributed by atoms with Crippen LogP contribution in [0.4, 0.5) is 0 Å². The van der Waals surface area contributed by atoms with Gasteiger partial charge in [-0.2, -0.15) is 0 Å². The average Bonchev–Trinajstić information content (AvgIpc) is 3.21. The molecule has 2 aromatic rings. The van der Waals surface area contributed by atoms with Crippen molar-refractivity contribution in [1.82, 2.24) is 9.55 Å². The van der Waals surface area contributed by atoms with Crippen LogP contribution < -0.4 is 0 Å². The lowest BCUT2D eigenvalue weighted by Gasteiger charge is -2.24. The lowest BCUT2D eigenvalue weighted by Crippen LogP contribution is -2.21. The minimum atomic E-state index is 0.0923. The Morgan fingerprint density at radius 2 is 1.84 bits per heavy atom. The molecule has 0 amide bonds. The van der Waals surface area contributed by atoms with Gasteiger partial charge in [-0.3, -0.25) is 4.79 Å². The number of ketones is 1. The minimum Gasteiger partial charge on any atom is -0.323 e. The molecule has 1 atom stereocenters. The van der Waals surface area contributed by atoms with Gasteiger partial charge in [0, 0.05) is 12.3 Å². The van der Waals surface area contributed by atoms with Crippen LogP contribution in [0.2, 0.25) is 0 Å². The van der Waals surface area contributed by atoms with Gasteiger partial charge in [-0.25, -0.2) is 4.98 Å². The number of aromatic nitrogens is 2. The highest BCUT2D eigenvalue weighted by molar-refractivity contribution is 5.96. The Balaban J connectivity index is 1.66. The van der Waals surface area contributed by atoms with Gasteiger partial charge < -0.3 is 4.57 Å². The molecule has 2 heterocycles. The summed E-state index contributed by atoms with van der Waals surface area (Å²) in [5, 5.41) is 0. The van der Waals surface area contributed by atoms with E-state index in [4.69, 9.17) is 0 Å². The topological polar surface area (TPSA) is 34.9 Å². The summed E-state index contributed by atoms with van der Waals surface area (Å²) in [4.78, 5) is 17.3. The lowest BCUT2D eigenvalue weighted by atomic mass is 9.82. The SMILES string of the molecule is CC1=C(c2ccc(C)cc2)C(CC(=O)C2CCCCC2)n2cncc21. The van der Waals surface area contributed by atoms with Crippen molar-refractivity contribution >= 4 is 16.9 Å². The first-order chi connectivity index (χ1) is 12.1. The number of allylic oxidation sites excluding steroid dienone is 2. The summed E-state index contributed by atoms with van der Waals surface area (Å²) < 4.78 is 2.20. The average molecular weight is 334 g/mol. The first-order valence-electron chi connectivity index (χ1n) is 9.48. The molecule has 1 fully saturated rings. The molecule has 2 aliphatic rings. The number of carbonyl (C=O) groups excluding carboxylic acids is 1. The molecule has 1 saturated carbocycles. The Hall–Kier alpha value is -2.16. The Labute approximate surface area is 149 Å². The molecule has 1 unspecified atom stereocenters. The van der Waals surface area contributed by atoms with E-state index in [0.29, 0.717) is 12.2 Å². The van der Waals surface area contributed by atoms with E-state index >= 15 is 0 Å². The van der Waals surface area contributed by atoms with Gasteiger partial charge in [0.05, 0.1) is 24.3 Å². The number of fused-ring (bicyclic) bond motifs is 1. The number of benzene rings is 1. The number of nitrogens with zero attached hydrogens (tertiary/aromatic N) is 2. The van der Waals surface area contributed by atoms with Crippen LogP contribution in [0.25, 0.3) is 11.1 Å². The molecule has 130 valence electrons. The van der Waals surface area contributed by atoms with E-state index in [1.807, 2.05) is 12.5 Å². The van der Waals surface area contributed by atoms with Crippen molar-refractivity contribution < 1.29 is 4.79 Å². The molecule has 1 aliphatic heterocycles. The number of rotatable bonds is 4. The number of aryl methyl sites for hydroxylation is 1. The summed E-state index contributed by atoms with van der Waals surface area (Å²) in [5.41, 5.74) is 6.19. The molecule has 0 bridgehead atoms. The zero-order valence-corrected chi connectivity index (χ0v) is 15.2. The third-order valence-corrected chi connectivity index (χ3v) is 5.94. The summed E-state index contributed by atoms with van der Waals surface area (Å²) in [5.74, 6) is 0.699. The van der Waals surface area contributed by atoms with Crippen LogP contribution in [0.5, 0.6) is 0 Å².